The van der Waals surface area contributed by atoms with E-state index in [2.05, 4.69) is 5.32 Å². The molecule has 7 heteroatoms. The molecule has 0 saturated carbocycles. The summed E-state index contributed by atoms with van der Waals surface area (Å²) < 4.78 is 10.1. The van der Waals surface area contributed by atoms with Crippen molar-refractivity contribution in [2.24, 2.45) is 0 Å². The number of nitro benzene ring substituents is 1. The van der Waals surface area contributed by atoms with Crippen LogP contribution in [0.4, 0.5) is 17.1 Å². The first-order valence-electron chi connectivity index (χ1n) is 6.33. The van der Waals surface area contributed by atoms with Crippen LogP contribution >= 0.6 is 0 Å². The minimum atomic E-state index is -0.367. The first-order valence-corrected chi connectivity index (χ1v) is 6.33. The van der Waals surface area contributed by atoms with Gasteiger partial charge in [-0.3, -0.25) is 10.1 Å². The fraction of sp³-hybridized carbons (Fsp3) is 0.538. The fourth-order valence-corrected chi connectivity index (χ4v) is 1.94. The average molecular weight is 283 g/mol. The Balaban J connectivity index is 3.13. The van der Waals surface area contributed by atoms with Crippen molar-refractivity contribution in [2.45, 2.75) is 0 Å². The third-order valence-electron chi connectivity index (χ3n) is 2.94. The molecule has 0 fully saturated rings. The largest absolute Gasteiger partial charge is 0.383 e. The van der Waals surface area contributed by atoms with Gasteiger partial charge in [0.05, 0.1) is 18.1 Å². The van der Waals surface area contributed by atoms with Crippen LogP contribution in [-0.2, 0) is 9.47 Å². The Bertz CT molecular complexity index is 432. The number of hydrogen-bond acceptors (Lipinski definition) is 6. The highest BCUT2D eigenvalue weighted by Gasteiger charge is 2.23. The molecule has 112 valence electrons. The van der Waals surface area contributed by atoms with Crippen LogP contribution in [0.1, 0.15) is 0 Å². The Hall–Kier alpha value is -1.86. The maximum Gasteiger partial charge on any atom is 0.315 e. The summed E-state index contributed by atoms with van der Waals surface area (Å²) in [6.07, 6.45) is 0. The molecule has 0 atom stereocenters. The summed E-state index contributed by atoms with van der Waals surface area (Å²) in [5.74, 6) is 0. The first-order chi connectivity index (χ1) is 9.65. The van der Waals surface area contributed by atoms with E-state index < -0.39 is 0 Å². The van der Waals surface area contributed by atoms with Crippen molar-refractivity contribution >= 4 is 17.1 Å². The molecule has 1 aromatic rings. The van der Waals surface area contributed by atoms with E-state index >= 15 is 0 Å². The molecule has 0 saturated heterocycles. The van der Waals surface area contributed by atoms with Gasteiger partial charge in [-0.1, -0.05) is 6.07 Å². The molecular weight excluding hydrogens is 262 g/mol. The van der Waals surface area contributed by atoms with Crippen molar-refractivity contribution in [3.63, 3.8) is 0 Å². The molecule has 0 heterocycles. The number of para-hydroxylation sites is 1. The lowest BCUT2D eigenvalue weighted by Crippen LogP contribution is -2.31. The van der Waals surface area contributed by atoms with E-state index in [0.717, 1.165) is 0 Å². The van der Waals surface area contributed by atoms with Crippen molar-refractivity contribution in [1.82, 2.24) is 0 Å². The van der Waals surface area contributed by atoms with Crippen LogP contribution < -0.4 is 10.2 Å². The van der Waals surface area contributed by atoms with Crippen molar-refractivity contribution in [2.75, 3.05) is 57.8 Å². The number of ether oxygens (including phenoxy) is 2. The van der Waals surface area contributed by atoms with Crippen LogP contribution in [0, 0.1) is 10.1 Å². The second kappa shape index (κ2) is 8.34. The molecule has 1 rings (SSSR count). The Morgan fingerprint density at radius 1 is 1.25 bits per heavy atom. The molecule has 0 unspecified atom stereocenters. The monoisotopic (exact) mass is 283 g/mol. The number of nitrogens with one attached hydrogen (secondary N) is 1. The van der Waals surface area contributed by atoms with Gasteiger partial charge in [0.25, 0.3) is 0 Å². The second-order valence-corrected chi connectivity index (χ2v) is 4.15. The van der Waals surface area contributed by atoms with E-state index in [1.54, 1.807) is 39.5 Å². The zero-order chi connectivity index (χ0) is 15.0. The zero-order valence-corrected chi connectivity index (χ0v) is 12.1. The van der Waals surface area contributed by atoms with Crippen LogP contribution in [0.2, 0.25) is 0 Å². The Morgan fingerprint density at radius 3 is 2.30 bits per heavy atom. The SMILES string of the molecule is CNc1cccc(N(CCOC)CCOC)c1[N+](=O)[O-]. The molecule has 1 aromatic carbocycles. The number of methoxy groups -OCH3 is 2. The van der Waals surface area contributed by atoms with Gasteiger partial charge in [0.2, 0.25) is 0 Å². The van der Waals surface area contributed by atoms with Crippen LogP contribution in [0.3, 0.4) is 0 Å². The van der Waals surface area contributed by atoms with Gasteiger partial charge in [-0.05, 0) is 12.1 Å². The molecule has 0 bridgehead atoms. The topological polar surface area (TPSA) is 76.9 Å². The van der Waals surface area contributed by atoms with Crippen molar-refractivity contribution in [3.8, 4) is 0 Å². The lowest BCUT2D eigenvalue weighted by molar-refractivity contribution is -0.383. The molecule has 0 aliphatic heterocycles. The van der Waals surface area contributed by atoms with Gasteiger partial charge in [0.15, 0.2) is 0 Å². The Kier molecular flexibility index (Phi) is 6.75. The maximum absolute atomic E-state index is 11.3. The van der Waals surface area contributed by atoms with Crippen molar-refractivity contribution < 1.29 is 14.4 Å². The molecule has 0 aromatic heterocycles. The molecule has 7 nitrogen and oxygen atoms in total. The molecule has 20 heavy (non-hydrogen) atoms. The summed E-state index contributed by atoms with van der Waals surface area (Å²) in [6.45, 7) is 2.11. The lowest BCUT2D eigenvalue weighted by atomic mass is 10.2. The summed E-state index contributed by atoms with van der Waals surface area (Å²) in [4.78, 5) is 12.9. The predicted molar refractivity (Wildman–Crippen MR) is 78.6 cm³/mol. The first kappa shape index (κ1) is 16.2. The fourth-order valence-electron chi connectivity index (χ4n) is 1.94. The number of anilines is 2. The van der Waals surface area contributed by atoms with Gasteiger partial charge in [0, 0.05) is 34.4 Å². The highest BCUT2D eigenvalue weighted by atomic mass is 16.6. The van der Waals surface area contributed by atoms with Crippen molar-refractivity contribution in [1.29, 1.82) is 0 Å². The molecule has 0 spiro atoms. The number of rotatable bonds is 9. The number of nitro groups is 1. The quantitative estimate of drug-likeness (QED) is 0.549. The van der Waals surface area contributed by atoms with Gasteiger partial charge >= 0.3 is 5.69 Å². The highest BCUT2D eigenvalue weighted by Crippen LogP contribution is 2.35. The van der Waals surface area contributed by atoms with Crippen molar-refractivity contribution in [3.05, 3.63) is 28.3 Å². The molecular formula is C13H21N3O4. The van der Waals surface area contributed by atoms with Gasteiger partial charge in [0.1, 0.15) is 11.4 Å². The minimum Gasteiger partial charge on any atom is -0.383 e. The molecule has 0 radical (unpaired) electrons. The molecule has 1 N–H and O–H groups in total. The second-order valence-electron chi connectivity index (χ2n) is 4.15. The Morgan fingerprint density at radius 2 is 1.85 bits per heavy atom. The van der Waals surface area contributed by atoms with Gasteiger partial charge < -0.3 is 19.7 Å². The smallest absolute Gasteiger partial charge is 0.315 e. The normalized spacial score (nSPS) is 10.3. The van der Waals surface area contributed by atoms with E-state index in [9.17, 15) is 10.1 Å². The lowest BCUT2D eigenvalue weighted by Gasteiger charge is -2.24. The number of hydrogen-bond donors (Lipinski definition) is 1. The van der Waals surface area contributed by atoms with Crippen LogP contribution in [0.15, 0.2) is 18.2 Å². The average Bonchev–Trinajstić information content (AvgIpc) is 2.46. The van der Waals surface area contributed by atoms with E-state index in [0.29, 0.717) is 37.7 Å². The van der Waals surface area contributed by atoms with Crippen LogP contribution in [0.25, 0.3) is 0 Å². The third-order valence-corrected chi connectivity index (χ3v) is 2.94. The summed E-state index contributed by atoms with van der Waals surface area (Å²) >= 11 is 0. The van der Waals surface area contributed by atoms with E-state index in [-0.39, 0.29) is 10.6 Å². The van der Waals surface area contributed by atoms with Crippen LogP contribution in [0.5, 0.6) is 0 Å². The number of nitrogens with zero attached hydrogens (tertiary/aromatic N) is 2. The van der Waals surface area contributed by atoms with Gasteiger partial charge in [-0.2, -0.15) is 0 Å². The summed E-state index contributed by atoms with van der Waals surface area (Å²) in [7, 11) is 4.88. The third kappa shape index (κ3) is 4.07. The number of benzene rings is 1. The van der Waals surface area contributed by atoms with E-state index in [1.165, 1.54) is 0 Å². The molecule has 0 aliphatic rings. The zero-order valence-electron chi connectivity index (χ0n) is 12.1. The summed E-state index contributed by atoms with van der Waals surface area (Å²) in [6, 6.07) is 5.22. The van der Waals surface area contributed by atoms with E-state index in [4.69, 9.17) is 9.47 Å². The Labute approximate surface area is 118 Å². The summed E-state index contributed by atoms with van der Waals surface area (Å²) in [5.41, 5.74) is 1.13. The maximum atomic E-state index is 11.3. The van der Waals surface area contributed by atoms with Crippen LogP contribution in [-0.4, -0.2) is 52.5 Å². The molecule has 0 aliphatic carbocycles. The highest BCUT2D eigenvalue weighted by molar-refractivity contribution is 5.76. The standard InChI is InChI=1S/C13H21N3O4/c1-14-11-5-4-6-12(13(11)16(17)18)15(7-9-19-2)8-10-20-3/h4-6,14H,7-10H2,1-3H3. The minimum absolute atomic E-state index is 0.0715. The summed E-state index contributed by atoms with van der Waals surface area (Å²) in [5, 5.41) is 14.2. The van der Waals surface area contributed by atoms with Gasteiger partial charge in [-0.15, -0.1) is 0 Å². The van der Waals surface area contributed by atoms with Gasteiger partial charge in [-0.25, -0.2) is 0 Å². The molecule has 0 amide bonds. The predicted octanol–water partition coefficient (Wildman–Crippen LogP) is 1.74. The van der Waals surface area contributed by atoms with E-state index in [1.807, 2.05) is 4.90 Å².